The highest BCUT2D eigenvalue weighted by Gasteiger charge is 2.24. The monoisotopic (exact) mass is 533 g/mol. The van der Waals surface area contributed by atoms with Gasteiger partial charge in [0.15, 0.2) is 5.16 Å². The molecule has 6 nitrogen and oxygen atoms in total. The molecule has 1 aliphatic rings. The number of ether oxygens (including phenoxy) is 2. The first kappa shape index (κ1) is 28.3. The topological polar surface area (TPSA) is 64.5 Å². The van der Waals surface area contributed by atoms with Gasteiger partial charge in [-0.1, -0.05) is 60.6 Å². The lowest BCUT2D eigenvalue weighted by molar-refractivity contribution is 0.0487. The minimum Gasteiger partial charge on any atom is -0.462 e. The SMILES string of the molecule is CSc1nc(COCCN2CCCCC2)c(C(=O)OCCCc2ccccc2)c(-c2ccc(C)c(C)c2)n1. The molecule has 1 aliphatic heterocycles. The summed E-state index contributed by atoms with van der Waals surface area (Å²) >= 11 is 1.46. The third-order valence-electron chi connectivity index (χ3n) is 7.06. The number of piperidine rings is 1. The molecule has 2 aromatic carbocycles. The number of hydrogen-bond acceptors (Lipinski definition) is 7. The van der Waals surface area contributed by atoms with Crippen LogP contribution in [0, 0.1) is 13.8 Å². The highest BCUT2D eigenvalue weighted by atomic mass is 32.2. The summed E-state index contributed by atoms with van der Waals surface area (Å²) in [7, 11) is 0. The molecule has 0 saturated carbocycles. The third kappa shape index (κ3) is 7.88. The van der Waals surface area contributed by atoms with Gasteiger partial charge in [-0.25, -0.2) is 14.8 Å². The number of benzene rings is 2. The van der Waals surface area contributed by atoms with Crippen LogP contribution in [0.3, 0.4) is 0 Å². The molecule has 0 atom stereocenters. The lowest BCUT2D eigenvalue weighted by atomic mass is 10.00. The van der Waals surface area contributed by atoms with E-state index in [0.717, 1.165) is 43.6 Å². The van der Waals surface area contributed by atoms with Crippen LogP contribution < -0.4 is 0 Å². The third-order valence-corrected chi connectivity index (χ3v) is 7.60. The Balaban J connectivity index is 1.53. The van der Waals surface area contributed by atoms with Gasteiger partial charge < -0.3 is 14.4 Å². The highest BCUT2D eigenvalue weighted by Crippen LogP contribution is 2.29. The zero-order chi connectivity index (χ0) is 26.7. The zero-order valence-electron chi connectivity index (χ0n) is 22.9. The van der Waals surface area contributed by atoms with Gasteiger partial charge >= 0.3 is 5.97 Å². The van der Waals surface area contributed by atoms with Crippen LogP contribution in [-0.2, 0) is 22.5 Å². The van der Waals surface area contributed by atoms with E-state index in [2.05, 4.69) is 43.0 Å². The van der Waals surface area contributed by atoms with Crippen molar-refractivity contribution >= 4 is 17.7 Å². The second-order valence-electron chi connectivity index (χ2n) is 9.86. The van der Waals surface area contributed by atoms with Crippen molar-refractivity contribution in [2.75, 3.05) is 39.1 Å². The maximum absolute atomic E-state index is 13.5. The first-order valence-electron chi connectivity index (χ1n) is 13.6. The number of aryl methyl sites for hydroxylation is 3. The average molecular weight is 534 g/mol. The predicted molar refractivity (Wildman–Crippen MR) is 154 cm³/mol. The van der Waals surface area contributed by atoms with Crippen LogP contribution in [0.5, 0.6) is 0 Å². The van der Waals surface area contributed by atoms with Crippen LogP contribution in [0.1, 0.15) is 58.4 Å². The van der Waals surface area contributed by atoms with Crippen LogP contribution in [0.25, 0.3) is 11.3 Å². The minimum atomic E-state index is -0.395. The van der Waals surface area contributed by atoms with E-state index in [9.17, 15) is 4.79 Å². The summed E-state index contributed by atoms with van der Waals surface area (Å²) in [5.41, 5.74) is 6.06. The van der Waals surface area contributed by atoms with Crippen molar-refractivity contribution < 1.29 is 14.3 Å². The van der Waals surface area contributed by atoms with Gasteiger partial charge in [0.1, 0.15) is 5.56 Å². The molecule has 0 amide bonds. The number of esters is 1. The average Bonchev–Trinajstić information content (AvgIpc) is 2.95. The van der Waals surface area contributed by atoms with Gasteiger partial charge in [0.2, 0.25) is 0 Å². The van der Waals surface area contributed by atoms with Gasteiger partial charge in [0.05, 0.1) is 31.2 Å². The quantitative estimate of drug-likeness (QED) is 0.118. The Bertz CT molecular complexity index is 1200. The van der Waals surface area contributed by atoms with Crippen LogP contribution >= 0.6 is 11.8 Å². The summed E-state index contributed by atoms with van der Waals surface area (Å²) in [6, 6.07) is 16.4. The normalized spacial score (nSPS) is 14.0. The van der Waals surface area contributed by atoms with E-state index in [1.54, 1.807) is 0 Å². The van der Waals surface area contributed by atoms with Gasteiger partial charge in [0, 0.05) is 12.1 Å². The summed E-state index contributed by atoms with van der Waals surface area (Å²) < 4.78 is 11.9. The number of rotatable bonds is 12. The molecule has 0 aliphatic carbocycles. The standard InChI is InChI=1S/C31H39N3O3S/c1-23-14-15-26(21-24(23)2)29-28(30(35)37-19-10-13-25-11-6-4-7-12-25)27(32-31(33-29)38-3)22-36-20-18-34-16-8-5-9-17-34/h4,6-7,11-12,14-15,21H,5,8-10,13,16-20,22H2,1-3H3. The number of carbonyl (C=O) groups excluding carboxylic acids is 1. The molecule has 4 rings (SSSR count). The molecule has 38 heavy (non-hydrogen) atoms. The first-order chi connectivity index (χ1) is 18.5. The molecule has 0 radical (unpaired) electrons. The number of likely N-dealkylation sites (tertiary alicyclic amines) is 1. The number of carbonyl (C=O) groups is 1. The van der Waals surface area contributed by atoms with Crippen molar-refractivity contribution in [2.45, 2.75) is 57.7 Å². The van der Waals surface area contributed by atoms with E-state index >= 15 is 0 Å². The molecule has 3 aromatic rings. The largest absolute Gasteiger partial charge is 0.462 e. The summed E-state index contributed by atoms with van der Waals surface area (Å²) in [6.07, 6.45) is 7.37. The van der Waals surface area contributed by atoms with Crippen molar-refractivity contribution in [3.8, 4) is 11.3 Å². The van der Waals surface area contributed by atoms with Gasteiger partial charge in [0.25, 0.3) is 0 Å². The Labute approximate surface area is 231 Å². The Morgan fingerprint density at radius 3 is 2.50 bits per heavy atom. The van der Waals surface area contributed by atoms with E-state index in [4.69, 9.17) is 19.4 Å². The van der Waals surface area contributed by atoms with Crippen LogP contribution in [-0.4, -0.2) is 59.9 Å². The van der Waals surface area contributed by atoms with E-state index in [-0.39, 0.29) is 6.61 Å². The molecule has 1 aromatic heterocycles. The molecule has 0 N–H and O–H groups in total. The summed E-state index contributed by atoms with van der Waals surface area (Å²) in [4.78, 5) is 25.5. The highest BCUT2D eigenvalue weighted by molar-refractivity contribution is 7.98. The van der Waals surface area contributed by atoms with Crippen molar-refractivity contribution in [2.24, 2.45) is 0 Å². The number of aromatic nitrogens is 2. The van der Waals surface area contributed by atoms with Crippen molar-refractivity contribution in [3.63, 3.8) is 0 Å². The van der Waals surface area contributed by atoms with E-state index < -0.39 is 5.97 Å². The fraction of sp³-hybridized carbons (Fsp3) is 0.452. The molecular formula is C31H39N3O3S. The van der Waals surface area contributed by atoms with Gasteiger partial charge in [-0.05, 0) is 81.6 Å². The smallest absolute Gasteiger partial charge is 0.342 e. The minimum absolute atomic E-state index is 0.246. The van der Waals surface area contributed by atoms with Crippen LogP contribution in [0.4, 0.5) is 0 Å². The zero-order valence-corrected chi connectivity index (χ0v) is 23.7. The number of nitrogens with zero attached hydrogens (tertiary/aromatic N) is 3. The fourth-order valence-electron chi connectivity index (χ4n) is 4.70. The molecule has 1 fully saturated rings. The maximum Gasteiger partial charge on any atom is 0.342 e. The molecule has 0 bridgehead atoms. The Kier molecular flexibility index (Phi) is 10.7. The van der Waals surface area contributed by atoms with E-state index in [1.165, 1.54) is 42.2 Å². The van der Waals surface area contributed by atoms with Crippen molar-refractivity contribution in [3.05, 3.63) is 76.5 Å². The molecule has 1 saturated heterocycles. The Morgan fingerprint density at radius 1 is 0.974 bits per heavy atom. The number of hydrogen-bond donors (Lipinski definition) is 0. The first-order valence-corrected chi connectivity index (χ1v) is 14.8. The lowest BCUT2D eigenvalue weighted by Crippen LogP contribution is -2.32. The van der Waals surface area contributed by atoms with E-state index in [1.807, 2.05) is 30.5 Å². The summed E-state index contributed by atoms with van der Waals surface area (Å²) in [5.74, 6) is -0.395. The second-order valence-corrected chi connectivity index (χ2v) is 10.6. The molecule has 7 heteroatoms. The molecule has 0 unspecified atom stereocenters. The molecule has 202 valence electrons. The maximum atomic E-state index is 13.5. The van der Waals surface area contributed by atoms with Crippen LogP contribution in [0.2, 0.25) is 0 Å². The molecule has 0 spiro atoms. The van der Waals surface area contributed by atoms with E-state index in [0.29, 0.717) is 35.3 Å². The second kappa shape index (κ2) is 14.4. The van der Waals surface area contributed by atoms with Crippen LogP contribution in [0.15, 0.2) is 53.7 Å². The Hall–Kier alpha value is -2.74. The van der Waals surface area contributed by atoms with Crippen molar-refractivity contribution in [1.29, 1.82) is 0 Å². The van der Waals surface area contributed by atoms with Gasteiger partial charge in [-0.2, -0.15) is 0 Å². The summed E-state index contributed by atoms with van der Waals surface area (Å²) in [6.45, 7) is 8.48. The Morgan fingerprint density at radius 2 is 1.76 bits per heavy atom. The number of thioether (sulfide) groups is 1. The van der Waals surface area contributed by atoms with Crippen molar-refractivity contribution in [1.82, 2.24) is 14.9 Å². The predicted octanol–water partition coefficient (Wildman–Crippen LogP) is 6.27. The molecular weight excluding hydrogens is 494 g/mol. The fourth-order valence-corrected chi connectivity index (χ4v) is 5.08. The summed E-state index contributed by atoms with van der Waals surface area (Å²) in [5, 5.41) is 0.619. The lowest BCUT2D eigenvalue weighted by Gasteiger charge is -2.26. The molecule has 2 heterocycles. The van der Waals surface area contributed by atoms with Gasteiger partial charge in [-0.3, -0.25) is 0 Å². The van der Waals surface area contributed by atoms with Gasteiger partial charge in [-0.15, -0.1) is 0 Å².